The molecular formula is C8H15N3. The molecule has 0 spiro atoms. The summed E-state index contributed by atoms with van der Waals surface area (Å²) in [6, 6.07) is 0. The molecule has 0 unspecified atom stereocenters. The highest BCUT2D eigenvalue weighted by Gasteiger charge is 1.99. The average Bonchev–Trinajstić information content (AvgIpc) is 1.98. The molecule has 2 N–H and O–H groups in total. The zero-order chi connectivity index (χ0) is 8.85. The first-order valence-corrected chi connectivity index (χ1v) is 3.58. The van der Waals surface area contributed by atoms with Crippen LogP contribution in [0.25, 0.3) is 0 Å². The van der Waals surface area contributed by atoms with E-state index in [-0.39, 0.29) is 0 Å². The summed E-state index contributed by atoms with van der Waals surface area (Å²) in [6.45, 7) is 9.78. The maximum Gasteiger partial charge on any atom is 0.151 e. The quantitative estimate of drug-likeness (QED) is 0.472. The van der Waals surface area contributed by atoms with E-state index in [2.05, 4.69) is 16.7 Å². The summed E-state index contributed by atoms with van der Waals surface area (Å²) in [7, 11) is 0. The Morgan fingerprint density at radius 3 is 2.27 bits per heavy atom. The summed E-state index contributed by atoms with van der Waals surface area (Å²) < 4.78 is 0. The monoisotopic (exact) mass is 153 g/mol. The van der Waals surface area contributed by atoms with Gasteiger partial charge in [0.1, 0.15) is 0 Å². The lowest BCUT2D eigenvalue weighted by molar-refractivity contribution is 1.11. The van der Waals surface area contributed by atoms with Crippen LogP contribution in [-0.2, 0) is 0 Å². The predicted octanol–water partition coefficient (Wildman–Crippen LogP) is 1.36. The molecule has 0 aromatic carbocycles. The molecule has 62 valence electrons. The summed E-state index contributed by atoms with van der Waals surface area (Å²) in [5.74, 6) is 0.646. The normalized spacial score (nSPS) is 14.3. The number of allylic oxidation sites excluding steroid dienone is 1. The maximum atomic E-state index is 5.55. The van der Waals surface area contributed by atoms with Crippen LogP contribution < -0.4 is 5.73 Å². The minimum atomic E-state index is 0.646. The molecule has 3 nitrogen and oxygen atoms in total. The first-order valence-electron chi connectivity index (χ1n) is 3.58. The van der Waals surface area contributed by atoms with Gasteiger partial charge in [0, 0.05) is 17.8 Å². The van der Waals surface area contributed by atoms with Gasteiger partial charge >= 0.3 is 0 Å². The molecule has 11 heavy (non-hydrogen) atoms. The third kappa shape index (κ3) is 2.98. The fourth-order valence-electron chi connectivity index (χ4n) is 0.613. The van der Waals surface area contributed by atoms with E-state index < -0.39 is 0 Å². The van der Waals surface area contributed by atoms with Crippen molar-refractivity contribution in [2.45, 2.75) is 20.8 Å². The SMILES string of the molecule is C=NC(=NCC)C(C)=C(C)N. The Morgan fingerprint density at radius 1 is 1.45 bits per heavy atom. The highest BCUT2D eigenvalue weighted by Crippen LogP contribution is 2.01. The van der Waals surface area contributed by atoms with Crippen molar-refractivity contribution >= 4 is 12.6 Å². The van der Waals surface area contributed by atoms with Gasteiger partial charge in [0.25, 0.3) is 0 Å². The Morgan fingerprint density at radius 2 is 2.00 bits per heavy atom. The van der Waals surface area contributed by atoms with Crippen molar-refractivity contribution in [2.75, 3.05) is 6.54 Å². The van der Waals surface area contributed by atoms with Gasteiger partial charge in [-0.15, -0.1) is 0 Å². The highest BCUT2D eigenvalue weighted by atomic mass is 14.9. The van der Waals surface area contributed by atoms with Crippen LogP contribution in [0.4, 0.5) is 0 Å². The number of amidine groups is 1. The molecular weight excluding hydrogens is 138 g/mol. The van der Waals surface area contributed by atoms with Gasteiger partial charge in [0.05, 0.1) is 0 Å². The molecule has 0 bridgehead atoms. The molecule has 0 heterocycles. The molecule has 0 aromatic rings. The number of nitrogens with zero attached hydrogens (tertiary/aromatic N) is 2. The van der Waals surface area contributed by atoms with Crippen molar-refractivity contribution in [2.24, 2.45) is 15.7 Å². The second-order valence-corrected chi connectivity index (χ2v) is 2.26. The molecule has 0 amide bonds. The van der Waals surface area contributed by atoms with Crippen molar-refractivity contribution in [3.8, 4) is 0 Å². The van der Waals surface area contributed by atoms with Crippen molar-refractivity contribution in [1.29, 1.82) is 0 Å². The van der Waals surface area contributed by atoms with Gasteiger partial charge in [-0.25, -0.2) is 4.99 Å². The summed E-state index contributed by atoms with van der Waals surface area (Å²) in [4.78, 5) is 7.87. The topological polar surface area (TPSA) is 50.7 Å². The average molecular weight is 153 g/mol. The maximum absolute atomic E-state index is 5.55. The van der Waals surface area contributed by atoms with Gasteiger partial charge < -0.3 is 5.73 Å². The largest absolute Gasteiger partial charge is 0.402 e. The fourth-order valence-corrected chi connectivity index (χ4v) is 0.613. The minimum absolute atomic E-state index is 0.646. The fraction of sp³-hybridized carbons (Fsp3) is 0.500. The first-order chi connectivity index (χ1) is 5.13. The molecule has 0 rings (SSSR count). The summed E-state index contributed by atoms with van der Waals surface area (Å²) >= 11 is 0. The van der Waals surface area contributed by atoms with Crippen molar-refractivity contribution < 1.29 is 0 Å². The van der Waals surface area contributed by atoms with Crippen molar-refractivity contribution in [3.05, 3.63) is 11.3 Å². The number of nitrogens with two attached hydrogens (primary N) is 1. The molecule has 0 atom stereocenters. The summed E-state index contributed by atoms with van der Waals surface area (Å²) in [6.07, 6.45) is 0. The summed E-state index contributed by atoms with van der Waals surface area (Å²) in [5, 5.41) is 0. The lowest BCUT2D eigenvalue weighted by Gasteiger charge is -2.01. The van der Waals surface area contributed by atoms with Gasteiger partial charge in [-0.05, 0) is 27.5 Å². The van der Waals surface area contributed by atoms with Gasteiger partial charge in [0.15, 0.2) is 5.84 Å². The van der Waals surface area contributed by atoms with Gasteiger partial charge in [-0.2, -0.15) is 0 Å². The van der Waals surface area contributed by atoms with Crippen LogP contribution in [0.15, 0.2) is 21.3 Å². The summed E-state index contributed by atoms with van der Waals surface area (Å²) in [5.41, 5.74) is 7.20. The highest BCUT2D eigenvalue weighted by molar-refractivity contribution is 6.00. The predicted molar refractivity (Wildman–Crippen MR) is 50.1 cm³/mol. The Bertz CT molecular complexity index is 197. The van der Waals surface area contributed by atoms with Crippen LogP contribution in [0.2, 0.25) is 0 Å². The molecule has 0 aliphatic heterocycles. The standard InChI is InChI=1S/C8H15N3/c1-5-11-8(10-4)6(2)7(3)9/h4-5,9H2,1-3H3. The van der Waals surface area contributed by atoms with Gasteiger partial charge in [0.2, 0.25) is 0 Å². The van der Waals surface area contributed by atoms with Crippen LogP contribution in [0, 0.1) is 0 Å². The van der Waals surface area contributed by atoms with E-state index in [1.165, 1.54) is 0 Å². The number of hydrogen-bond acceptors (Lipinski definition) is 2. The van der Waals surface area contributed by atoms with E-state index in [0.717, 1.165) is 11.3 Å². The van der Waals surface area contributed by atoms with E-state index in [9.17, 15) is 0 Å². The van der Waals surface area contributed by atoms with E-state index in [1.807, 2.05) is 20.8 Å². The molecule has 0 radical (unpaired) electrons. The third-order valence-corrected chi connectivity index (χ3v) is 1.38. The number of aliphatic imine (C=N–C) groups is 2. The van der Waals surface area contributed by atoms with Gasteiger partial charge in [-0.3, -0.25) is 4.99 Å². The van der Waals surface area contributed by atoms with Crippen LogP contribution in [0.3, 0.4) is 0 Å². The first kappa shape index (κ1) is 9.88. The zero-order valence-corrected chi connectivity index (χ0v) is 7.39. The lowest BCUT2D eigenvalue weighted by atomic mass is 10.2. The third-order valence-electron chi connectivity index (χ3n) is 1.38. The molecule has 0 aliphatic carbocycles. The second-order valence-electron chi connectivity index (χ2n) is 2.26. The molecule has 0 fully saturated rings. The van der Waals surface area contributed by atoms with E-state index in [4.69, 9.17) is 5.73 Å². The zero-order valence-electron chi connectivity index (χ0n) is 7.39. The van der Waals surface area contributed by atoms with Crippen molar-refractivity contribution in [1.82, 2.24) is 0 Å². The number of hydrogen-bond donors (Lipinski definition) is 1. The van der Waals surface area contributed by atoms with Gasteiger partial charge in [-0.1, -0.05) is 0 Å². The van der Waals surface area contributed by atoms with Crippen LogP contribution in [0.5, 0.6) is 0 Å². The smallest absolute Gasteiger partial charge is 0.151 e. The van der Waals surface area contributed by atoms with Crippen molar-refractivity contribution in [3.63, 3.8) is 0 Å². The minimum Gasteiger partial charge on any atom is -0.402 e. The van der Waals surface area contributed by atoms with E-state index >= 15 is 0 Å². The van der Waals surface area contributed by atoms with Crippen LogP contribution in [-0.4, -0.2) is 19.1 Å². The Kier molecular flexibility index (Phi) is 4.18. The molecule has 0 aromatic heterocycles. The number of rotatable bonds is 2. The molecule has 0 saturated carbocycles. The Labute approximate surface area is 67.7 Å². The lowest BCUT2D eigenvalue weighted by Crippen LogP contribution is -2.04. The Balaban J connectivity index is 4.66. The second kappa shape index (κ2) is 4.66. The van der Waals surface area contributed by atoms with E-state index in [1.54, 1.807) is 0 Å². The molecule has 3 heteroatoms. The Hall–Kier alpha value is -1.12. The molecule has 0 aliphatic rings. The molecule has 0 saturated heterocycles. The van der Waals surface area contributed by atoms with Crippen LogP contribution >= 0.6 is 0 Å². The van der Waals surface area contributed by atoms with E-state index in [0.29, 0.717) is 12.4 Å². The van der Waals surface area contributed by atoms with Crippen LogP contribution in [0.1, 0.15) is 20.8 Å².